The first-order valence-corrected chi connectivity index (χ1v) is 8.80. The molecule has 0 unspecified atom stereocenters. The van der Waals surface area contributed by atoms with Crippen LogP contribution in [0.25, 0.3) is 21.3 Å². The highest BCUT2D eigenvalue weighted by Gasteiger charge is 2.14. The summed E-state index contributed by atoms with van der Waals surface area (Å²) in [5.41, 5.74) is 1.64. The predicted octanol–water partition coefficient (Wildman–Crippen LogP) is 3.42. The topological polar surface area (TPSA) is 59.9 Å². The molecule has 0 aliphatic heterocycles. The third kappa shape index (κ3) is 2.30. The van der Waals surface area contributed by atoms with Crippen LogP contribution in [-0.4, -0.2) is 24.6 Å². The van der Waals surface area contributed by atoms with E-state index in [0.29, 0.717) is 5.15 Å². The van der Waals surface area contributed by atoms with Gasteiger partial charge in [-0.1, -0.05) is 23.7 Å². The average molecular weight is 325 g/mol. The SMILES string of the molecule is CS(=O)(=O)c1cccc(-c2csc3ncnc(Cl)c23)c1. The zero-order valence-electron chi connectivity index (χ0n) is 10.4. The molecule has 0 atom stereocenters. The van der Waals surface area contributed by atoms with Gasteiger partial charge in [-0.15, -0.1) is 11.3 Å². The minimum absolute atomic E-state index is 0.280. The van der Waals surface area contributed by atoms with Gasteiger partial charge in [-0.2, -0.15) is 0 Å². The number of halogens is 1. The van der Waals surface area contributed by atoms with Gasteiger partial charge >= 0.3 is 0 Å². The fraction of sp³-hybridized carbons (Fsp3) is 0.0769. The summed E-state index contributed by atoms with van der Waals surface area (Å²) in [4.78, 5) is 9.21. The van der Waals surface area contributed by atoms with Crippen LogP contribution in [-0.2, 0) is 9.84 Å². The largest absolute Gasteiger partial charge is 0.225 e. The lowest BCUT2D eigenvalue weighted by atomic mass is 10.1. The molecule has 7 heteroatoms. The summed E-state index contributed by atoms with van der Waals surface area (Å²) < 4.78 is 23.3. The monoisotopic (exact) mass is 324 g/mol. The molecule has 0 radical (unpaired) electrons. The summed E-state index contributed by atoms with van der Waals surface area (Å²) >= 11 is 7.57. The third-order valence-corrected chi connectivity index (χ3v) is 5.18. The molecule has 2 heterocycles. The first-order valence-electron chi connectivity index (χ1n) is 5.65. The van der Waals surface area contributed by atoms with Crippen LogP contribution in [0.3, 0.4) is 0 Å². The number of nitrogens with zero attached hydrogens (tertiary/aromatic N) is 2. The van der Waals surface area contributed by atoms with Gasteiger partial charge in [0.1, 0.15) is 16.3 Å². The van der Waals surface area contributed by atoms with Crippen LogP contribution in [0.1, 0.15) is 0 Å². The van der Waals surface area contributed by atoms with Crippen LogP contribution in [0.4, 0.5) is 0 Å². The van der Waals surface area contributed by atoms with Crippen molar-refractivity contribution in [1.29, 1.82) is 0 Å². The van der Waals surface area contributed by atoms with Crippen molar-refractivity contribution in [3.05, 3.63) is 41.1 Å². The molecule has 0 bridgehead atoms. The van der Waals surface area contributed by atoms with Gasteiger partial charge in [-0.05, 0) is 17.7 Å². The van der Waals surface area contributed by atoms with Crippen LogP contribution >= 0.6 is 22.9 Å². The van der Waals surface area contributed by atoms with Gasteiger partial charge in [0, 0.05) is 17.2 Å². The normalized spacial score (nSPS) is 11.9. The molecule has 0 saturated heterocycles. The summed E-state index contributed by atoms with van der Waals surface area (Å²) in [6.45, 7) is 0. The Bertz CT molecular complexity index is 904. The molecule has 0 N–H and O–H groups in total. The summed E-state index contributed by atoms with van der Waals surface area (Å²) in [7, 11) is -3.24. The van der Waals surface area contributed by atoms with E-state index in [2.05, 4.69) is 9.97 Å². The van der Waals surface area contributed by atoms with Gasteiger partial charge in [-0.25, -0.2) is 18.4 Å². The molecule has 2 aromatic heterocycles. The first kappa shape index (κ1) is 13.5. The summed E-state index contributed by atoms with van der Waals surface area (Å²) in [5, 5.41) is 3.04. The molecule has 102 valence electrons. The highest BCUT2D eigenvalue weighted by Crippen LogP contribution is 2.36. The van der Waals surface area contributed by atoms with Gasteiger partial charge < -0.3 is 0 Å². The standard InChI is InChI=1S/C13H9ClN2O2S2/c1-20(17,18)9-4-2-3-8(5-9)10-6-19-13-11(10)12(14)15-7-16-13/h2-7H,1H3. The second kappa shape index (κ2) is 4.80. The first-order chi connectivity index (χ1) is 9.47. The van der Waals surface area contributed by atoms with Gasteiger partial charge in [0.2, 0.25) is 0 Å². The van der Waals surface area contributed by atoms with E-state index < -0.39 is 9.84 Å². The maximum atomic E-state index is 11.6. The van der Waals surface area contributed by atoms with Gasteiger partial charge in [0.15, 0.2) is 9.84 Å². The molecule has 3 aromatic rings. The second-order valence-electron chi connectivity index (χ2n) is 4.29. The Morgan fingerprint density at radius 3 is 2.80 bits per heavy atom. The minimum Gasteiger partial charge on any atom is -0.225 e. The maximum absolute atomic E-state index is 11.6. The lowest BCUT2D eigenvalue weighted by Gasteiger charge is -2.03. The zero-order valence-corrected chi connectivity index (χ0v) is 12.8. The predicted molar refractivity (Wildman–Crippen MR) is 81.0 cm³/mol. The molecule has 0 amide bonds. The Morgan fingerprint density at radius 1 is 1.25 bits per heavy atom. The average Bonchev–Trinajstić information content (AvgIpc) is 2.83. The van der Waals surface area contributed by atoms with E-state index in [1.165, 1.54) is 23.9 Å². The van der Waals surface area contributed by atoms with Crippen LogP contribution in [0.15, 0.2) is 40.9 Å². The number of hydrogen-bond donors (Lipinski definition) is 0. The maximum Gasteiger partial charge on any atom is 0.175 e. The Kier molecular flexibility index (Phi) is 3.24. The number of aromatic nitrogens is 2. The van der Waals surface area contributed by atoms with Crippen molar-refractivity contribution < 1.29 is 8.42 Å². The number of benzene rings is 1. The summed E-state index contributed by atoms with van der Waals surface area (Å²) in [5.74, 6) is 0. The van der Waals surface area contributed by atoms with Gasteiger partial charge in [-0.3, -0.25) is 0 Å². The van der Waals surface area contributed by atoms with Crippen LogP contribution < -0.4 is 0 Å². The Morgan fingerprint density at radius 2 is 2.05 bits per heavy atom. The number of thiophene rings is 1. The molecule has 20 heavy (non-hydrogen) atoms. The summed E-state index contributed by atoms with van der Waals surface area (Å²) in [6.07, 6.45) is 2.60. The Balaban J connectivity index is 2.27. The smallest absolute Gasteiger partial charge is 0.175 e. The second-order valence-corrected chi connectivity index (χ2v) is 7.53. The number of sulfone groups is 1. The van der Waals surface area contributed by atoms with E-state index >= 15 is 0 Å². The molecule has 0 saturated carbocycles. The fourth-order valence-electron chi connectivity index (χ4n) is 1.95. The van der Waals surface area contributed by atoms with Crippen LogP contribution in [0.2, 0.25) is 5.15 Å². The van der Waals surface area contributed by atoms with Crippen molar-refractivity contribution in [2.24, 2.45) is 0 Å². The number of hydrogen-bond acceptors (Lipinski definition) is 5. The highest BCUT2D eigenvalue weighted by atomic mass is 35.5. The van der Waals surface area contributed by atoms with Crippen LogP contribution in [0, 0.1) is 0 Å². The van der Waals surface area contributed by atoms with E-state index in [-0.39, 0.29) is 4.90 Å². The molecule has 3 rings (SSSR count). The molecule has 0 fully saturated rings. The zero-order chi connectivity index (χ0) is 14.3. The lowest BCUT2D eigenvalue weighted by Crippen LogP contribution is -1.96. The van der Waals surface area contributed by atoms with Gasteiger partial charge in [0.25, 0.3) is 0 Å². The van der Waals surface area contributed by atoms with Crippen molar-refractivity contribution in [2.75, 3.05) is 6.26 Å². The van der Waals surface area contributed by atoms with E-state index in [0.717, 1.165) is 21.3 Å². The van der Waals surface area contributed by atoms with Crippen LogP contribution in [0.5, 0.6) is 0 Å². The molecule has 0 spiro atoms. The molecule has 1 aromatic carbocycles. The molecule has 4 nitrogen and oxygen atoms in total. The Labute approximate surface area is 125 Å². The molecule has 0 aliphatic rings. The van der Waals surface area contributed by atoms with E-state index in [4.69, 9.17) is 11.6 Å². The van der Waals surface area contributed by atoms with Crippen molar-refractivity contribution >= 4 is 43.0 Å². The van der Waals surface area contributed by atoms with Crippen molar-refractivity contribution in [3.63, 3.8) is 0 Å². The van der Waals surface area contributed by atoms with Gasteiger partial charge in [0.05, 0.1) is 10.3 Å². The highest BCUT2D eigenvalue weighted by molar-refractivity contribution is 7.90. The van der Waals surface area contributed by atoms with E-state index in [1.54, 1.807) is 18.2 Å². The van der Waals surface area contributed by atoms with E-state index in [1.807, 2.05) is 11.4 Å². The third-order valence-electron chi connectivity index (χ3n) is 2.90. The summed E-state index contributed by atoms with van der Waals surface area (Å²) in [6, 6.07) is 6.78. The molecular formula is C13H9ClN2O2S2. The molecule has 0 aliphatic carbocycles. The Hall–Kier alpha value is -1.50. The lowest BCUT2D eigenvalue weighted by molar-refractivity contribution is 0.602. The number of rotatable bonds is 2. The van der Waals surface area contributed by atoms with E-state index in [9.17, 15) is 8.42 Å². The van der Waals surface area contributed by atoms with Crippen molar-refractivity contribution in [1.82, 2.24) is 9.97 Å². The van der Waals surface area contributed by atoms with Crippen molar-refractivity contribution in [3.8, 4) is 11.1 Å². The minimum atomic E-state index is -3.24. The van der Waals surface area contributed by atoms with Crippen molar-refractivity contribution in [2.45, 2.75) is 4.90 Å². The number of fused-ring (bicyclic) bond motifs is 1. The fourth-order valence-corrected chi connectivity index (χ4v) is 3.82. The molecular weight excluding hydrogens is 316 g/mol. The quantitative estimate of drug-likeness (QED) is 0.678.